The van der Waals surface area contributed by atoms with E-state index in [1.54, 1.807) is 0 Å². The van der Waals surface area contributed by atoms with E-state index in [0.717, 1.165) is 16.8 Å². The van der Waals surface area contributed by atoms with E-state index in [-0.39, 0.29) is 0 Å². The molecule has 0 atom stereocenters. The van der Waals surface area contributed by atoms with Gasteiger partial charge in [-0.3, -0.25) is 0 Å². The van der Waals surface area contributed by atoms with Crippen molar-refractivity contribution in [2.45, 2.75) is 32.4 Å². The molecular formula is C17H17BrClNO. The van der Waals surface area contributed by atoms with Crippen molar-refractivity contribution in [2.24, 2.45) is 0 Å². The van der Waals surface area contributed by atoms with Gasteiger partial charge < -0.3 is 10.1 Å². The molecule has 1 fully saturated rings. The molecule has 0 bridgehead atoms. The Hall–Kier alpha value is -1.03. The van der Waals surface area contributed by atoms with Gasteiger partial charge >= 0.3 is 0 Å². The standard InChI is InChI=1S/C17H17BrClNO/c1-11-2-6-16(14(18)8-11)21-17-7-3-12(9-15(17)19)10-20-13-4-5-13/h2-3,6-9,13,20H,4-5,10H2,1H3. The van der Waals surface area contributed by atoms with Gasteiger partial charge in [0.25, 0.3) is 0 Å². The van der Waals surface area contributed by atoms with Crippen molar-refractivity contribution in [2.75, 3.05) is 0 Å². The highest BCUT2D eigenvalue weighted by atomic mass is 79.9. The van der Waals surface area contributed by atoms with Crippen molar-refractivity contribution in [3.05, 3.63) is 57.0 Å². The molecule has 1 aliphatic rings. The van der Waals surface area contributed by atoms with Gasteiger partial charge in [0.2, 0.25) is 0 Å². The molecule has 0 aromatic heterocycles. The molecule has 0 spiro atoms. The topological polar surface area (TPSA) is 21.3 Å². The second kappa shape index (κ2) is 6.39. The second-order valence-electron chi connectivity index (χ2n) is 5.46. The number of halogens is 2. The summed E-state index contributed by atoms with van der Waals surface area (Å²) in [5.74, 6) is 1.45. The molecule has 1 saturated carbocycles. The van der Waals surface area contributed by atoms with Crippen molar-refractivity contribution in [1.82, 2.24) is 5.32 Å². The van der Waals surface area contributed by atoms with E-state index in [1.807, 2.05) is 37.3 Å². The fourth-order valence-electron chi connectivity index (χ4n) is 2.09. The molecule has 21 heavy (non-hydrogen) atoms. The highest BCUT2D eigenvalue weighted by Crippen LogP contribution is 2.34. The molecule has 0 radical (unpaired) electrons. The summed E-state index contributed by atoms with van der Waals surface area (Å²) in [6, 6.07) is 12.6. The van der Waals surface area contributed by atoms with Crippen LogP contribution in [0, 0.1) is 6.92 Å². The van der Waals surface area contributed by atoms with Gasteiger partial charge in [0.15, 0.2) is 0 Å². The number of aryl methyl sites for hydroxylation is 1. The first kappa shape index (κ1) is 14.9. The van der Waals surface area contributed by atoms with E-state index >= 15 is 0 Å². The van der Waals surface area contributed by atoms with Crippen LogP contribution < -0.4 is 10.1 Å². The average molecular weight is 367 g/mol. The molecule has 2 aromatic carbocycles. The van der Waals surface area contributed by atoms with Crippen molar-refractivity contribution in [1.29, 1.82) is 0 Å². The molecule has 2 nitrogen and oxygen atoms in total. The highest BCUT2D eigenvalue weighted by molar-refractivity contribution is 9.10. The molecule has 3 rings (SSSR count). The first-order valence-electron chi connectivity index (χ1n) is 7.07. The van der Waals surface area contributed by atoms with Crippen molar-refractivity contribution < 1.29 is 4.74 Å². The first-order valence-corrected chi connectivity index (χ1v) is 8.25. The molecule has 0 saturated heterocycles. The quantitative estimate of drug-likeness (QED) is 0.759. The van der Waals surface area contributed by atoms with Gasteiger partial charge in [-0.1, -0.05) is 23.7 Å². The Morgan fingerprint density at radius 1 is 1.19 bits per heavy atom. The van der Waals surface area contributed by atoms with Crippen LogP contribution in [-0.2, 0) is 6.54 Å². The summed E-state index contributed by atoms with van der Waals surface area (Å²) in [6.45, 7) is 2.90. The van der Waals surface area contributed by atoms with Gasteiger partial charge in [0, 0.05) is 12.6 Å². The number of nitrogens with one attached hydrogen (secondary N) is 1. The molecule has 2 aromatic rings. The van der Waals surface area contributed by atoms with Gasteiger partial charge in [0.1, 0.15) is 11.5 Å². The fraction of sp³-hybridized carbons (Fsp3) is 0.294. The van der Waals surface area contributed by atoms with Crippen LogP contribution in [0.3, 0.4) is 0 Å². The minimum atomic E-state index is 0.637. The molecule has 0 aliphatic heterocycles. The zero-order valence-electron chi connectivity index (χ0n) is 11.8. The lowest BCUT2D eigenvalue weighted by Gasteiger charge is -2.11. The summed E-state index contributed by atoms with van der Waals surface area (Å²) in [5, 5.41) is 4.11. The molecule has 0 heterocycles. The molecule has 1 N–H and O–H groups in total. The number of hydrogen-bond donors (Lipinski definition) is 1. The fourth-order valence-corrected chi connectivity index (χ4v) is 2.91. The van der Waals surface area contributed by atoms with Crippen molar-refractivity contribution in [3.63, 3.8) is 0 Å². The summed E-state index contributed by atoms with van der Waals surface area (Å²) >= 11 is 9.84. The summed E-state index contributed by atoms with van der Waals surface area (Å²) in [6.07, 6.45) is 2.58. The van der Waals surface area contributed by atoms with Crippen molar-refractivity contribution >= 4 is 27.5 Å². The largest absolute Gasteiger partial charge is 0.455 e. The second-order valence-corrected chi connectivity index (χ2v) is 6.72. The Labute approximate surface area is 138 Å². The number of ether oxygens (including phenoxy) is 1. The number of hydrogen-bond acceptors (Lipinski definition) is 2. The lowest BCUT2D eigenvalue weighted by atomic mass is 10.2. The minimum Gasteiger partial charge on any atom is -0.455 e. The summed E-state index contributed by atoms with van der Waals surface area (Å²) in [5.41, 5.74) is 2.36. The predicted molar refractivity (Wildman–Crippen MR) is 90.3 cm³/mol. The molecule has 110 valence electrons. The Morgan fingerprint density at radius 3 is 2.62 bits per heavy atom. The van der Waals surface area contributed by atoms with Crippen LogP contribution >= 0.6 is 27.5 Å². The maximum absolute atomic E-state index is 6.33. The Kier molecular flexibility index (Phi) is 4.53. The van der Waals surface area contributed by atoms with Gasteiger partial charge in [-0.2, -0.15) is 0 Å². The zero-order chi connectivity index (χ0) is 14.8. The smallest absolute Gasteiger partial charge is 0.146 e. The SMILES string of the molecule is Cc1ccc(Oc2ccc(CNC3CC3)cc2Cl)c(Br)c1. The van der Waals surface area contributed by atoms with Crippen LogP contribution in [0.5, 0.6) is 11.5 Å². The molecule has 4 heteroatoms. The average Bonchev–Trinajstić information content (AvgIpc) is 3.26. The van der Waals surface area contributed by atoms with Crippen LogP contribution in [0.15, 0.2) is 40.9 Å². The maximum Gasteiger partial charge on any atom is 0.146 e. The number of benzene rings is 2. The van der Waals surface area contributed by atoms with E-state index < -0.39 is 0 Å². The monoisotopic (exact) mass is 365 g/mol. The maximum atomic E-state index is 6.33. The van der Waals surface area contributed by atoms with E-state index in [4.69, 9.17) is 16.3 Å². The van der Waals surface area contributed by atoms with Gasteiger partial charge in [-0.25, -0.2) is 0 Å². The normalized spacial score (nSPS) is 14.2. The highest BCUT2D eigenvalue weighted by Gasteiger charge is 2.20. The first-order chi connectivity index (χ1) is 10.1. The summed E-state index contributed by atoms with van der Waals surface area (Å²) < 4.78 is 6.82. The molecule has 0 amide bonds. The van der Waals surface area contributed by atoms with Crippen molar-refractivity contribution in [3.8, 4) is 11.5 Å². The van der Waals surface area contributed by atoms with Gasteiger partial charge in [-0.05, 0) is 71.1 Å². The third kappa shape index (κ3) is 4.00. The van der Waals surface area contributed by atoms with Crippen LogP contribution in [0.4, 0.5) is 0 Å². The molecule has 0 unspecified atom stereocenters. The van der Waals surface area contributed by atoms with Crippen LogP contribution in [-0.4, -0.2) is 6.04 Å². The van der Waals surface area contributed by atoms with Crippen LogP contribution in [0.25, 0.3) is 0 Å². The third-order valence-corrected chi connectivity index (χ3v) is 4.39. The third-order valence-electron chi connectivity index (χ3n) is 3.48. The van der Waals surface area contributed by atoms with E-state index in [0.29, 0.717) is 16.8 Å². The zero-order valence-corrected chi connectivity index (χ0v) is 14.2. The van der Waals surface area contributed by atoms with E-state index in [2.05, 4.69) is 27.3 Å². The Bertz CT molecular complexity index is 655. The summed E-state index contributed by atoms with van der Waals surface area (Å²) in [7, 11) is 0. The minimum absolute atomic E-state index is 0.637. The van der Waals surface area contributed by atoms with E-state index in [9.17, 15) is 0 Å². The van der Waals surface area contributed by atoms with Crippen LogP contribution in [0.1, 0.15) is 24.0 Å². The lowest BCUT2D eigenvalue weighted by Crippen LogP contribution is -2.15. The van der Waals surface area contributed by atoms with Gasteiger partial charge in [0.05, 0.1) is 9.50 Å². The van der Waals surface area contributed by atoms with Gasteiger partial charge in [-0.15, -0.1) is 0 Å². The molecule has 1 aliphatic carbocycles. The lowest BCUT2D eigenvalue weighted by molar-refractivity contribution is 0.479. The Morgan fingerprint density at radius 2 is 1.95 bits per heavy atom. The Balaban J connectivity index is 1.72. The molecular weight excluding hydrogens is 350 g/mol. The van der Waals surface area contributed by atoms with Crippen LogP contribution in [0.2, 0.25) is 5.02 Å². The van der Waals surface area contributed by atoms with E-state index in [1.165, 1.54) is 24.0 Å². The predicted octanol–water partition coefficient (Wildman–Crippen LogP) is 5.46. The summed E-state index contributed by atoms with van der Waals surface area (Å²) in [4.78, 5) is 0. The number of rotatable bonds is 5.